The molecule has 0 heterocycles. The number of rotatable bonds is 11. The molecule has 0 aliphatic heterocycles. The molecule has 3 fully saturated rings. The molecule has 0 spiro atoms. The molecule has 0 aromatic rings. The summed E-state index contributed by atoms with van der Waals surface area (Å²) in [4.78, 5) is 71.6. The molecule has 41 heavy (non-hydrogen) atoms. The zero-order valence-electron chi connectivity index (χ0n) is 23.0. The predicted molar refractivity (Wildman–Crippen MR) is 141 cm³/mol. The molecule has 224 valence electrons. The molecule has 4 rings (SSSR count). The molecule has 0 radical (unpaired) electrons. The average molecular weight is 575 g/mol. The monoisotopic (exact) mass is 574 g/mol. The topological polar surface area (TPSA) is 204 Å². The summed E-state index contributed by atoms with van der Waals surface area (Å²) in [5.41, 5.74) is -0.597. The van der Waals surface area contributed by atoms with Crippen LogP contribution in [0.5, 0.6) is 0 Å². The number of hydrogen-bond acceptors (Lipinski definition) is 8. The van der Waals surface area contributed by atoms with Gasteiger partial charge in [0.15, 0.2) is 6.29 Å². The largest absolute Gasteiger partial charge is 0.481 e. The van der Waals surface area contributed by atoms with Gasteiger partial charge in [-0.3, -0.25) is 14.4 Å². The summed E-state index contributed by atoms with van der Waals surface area (Å²) in [6.45, 7) is 3.85. The smallest absolute Gasteiger partial charge is 0.314 e. The fraction of sp³-hybridized carbons (Fsp3) is 0.667. The second-order valence-corrected chi connectivity index (χ2v) is 12.8. The van der Waals surface area contributed by atoms with Crippen molar-refractivity contribution < 1.29 is 54.3 Å². The van der Waals surface area contributed by atoms with Gasteiger partial charge in [-0.2, -0.15) is 0 Å². The van der Waals surface area contributed by atoms with E-state index in [4.69, 9.17) is 0 Å². The van der Waals surface area contributed by atoms with Crippen molar-refractivity contribution in [1.29, 1.82) is 0 Å². The van der Waals surface area contributed by atoms with E-state index in [0.29, 0.717) is 38.3 Å². The van der Waals surface area contributed by atoms with E-state index < -0.39 is 76.5 Å². The van der Waals surface area contributed by atoms with E-state index >= 15 is 0 Å². The van der Waals surface area contributed by atoms with Gasteiger partial charge < -0.3 is 39.9 Å². The number of aliphatic carboxylic acids is 3. The number of carbonyl (C=O) groups excluding carboxylic acids is 3. The molecule has 0 aromatic heterocycles. The minimum absolute atomic E-state index is 0.0663. The van der Waals surface area contributed by atoms with Crippen LogP contribution in [-0.2, 0) is 28.8 Å². The number of carbonyl (C=O) groups is 6. The maximum Gasteiger partial charge on any atom is 0.314 e. The van der Waals surface area contributed by atoms with E-state index in [1.165, 1.54) is 0 Å². The van der Waals surface area contributed by atoms with E-state index in [9.17, 15) is 54.3 Å². The normalized spacial score (nSPS) is 38.7. The van der Waals surface area contributed by atoms with Gasteiger partial charge in [0.25, 0.3) is 0 Å². The second-order valence-electron chi connectivity index (χ2n) is 12.8. The fourth-order valence-electron chi connectivity index (χ4n) is 9.48. The lowest BCUT2D eigenvalue weighted by atomic mass is 9.42. The first-order valence-electron chi connectivity index (χ1n) is 14.1. The Balaban J connectivity index is 1.81. The highest BCUT2D eigenvalue weighted by Gasteiger charge is 2.65. The maximum atomic E-state index is 12.4. The van der Waals surface area contributed by atoms with Gasteiger partial charge >= 0.3 is 17.9 Å². The number of fused-ring (bicyclic) bond motifs is 5. The van der Waals surface area contributed by atoms with E-state index in [2.05, 4.69) is 0 Å². The number of carboxylic acids is 3. The molecule has 11 heteroatoms. The van der Waals surface area contributed by atoms with Gasteiger partial charge in [0.05, 0.1) is 0 Å². The van der Waals surface area contributed by atoms with Crippen LogP contribution >= 0.6 is 0 Å². The number of aliphatic hydroxyl groups is 2. The third-order valence-electron chi connectivity index (χ3n) is 11.2. The zero-order chi connectivity index (χ0) is 30.4. The summed E-state index contributed by atoms with van der Waals surface area (Å²) in [6, 6.07) is 0. The van der Waals surface area contributed by atoms with Crippen LogP contribution in [-0.4, -0.2) is 68.6 Å². The van der Waals surface area contributed by atoms with Crippen molar-refractivity contribution in [2.24, 2.45) is 70.0 Å². The summed E-state index contributed by atoms with van der Waals surface area (Å²) in [7, 11) is 0. The van der Waals surface area contributed by atoms with Gasteiger partial charge in [0.1, 0.15) is 36.6 Å². The molecule has 3 saturated carbocycles. The molecule has 4 aliphatic rings. The molecule has 5 N–H and O–H groups in total. The minimum atomic E-state index is -2.09. The standard InChI is InChI=1S/C30H38O11/c1-29-8-7-14(18(11-31)25(34)35)9-15(29)3-4-16-21-5-6-22(23(28(40)41)20(13-33)27(38)39)30(21,2)10-17(24(16)29)19(12-32)26(36)37/h7-9,11-14,16-24,28,40-41H,3-6,10H2,1-2H3,(H,34,35)(H,36,37)(H,38,39)/t14?,16-,17?,18?,19?,20?,21-,22+,23?,24+,29-,30-/m0/s1. The summed E-state index contributed by atoms with van der Waals surface area (Å²) in [6.07, 6.45) is 6.65. The highest BCUT2D eigenvalue weighted by molar-refractivity contribution is 5.88. The van der Waals surface area contributed by atoms with Crippen LogP contribution in [0.1, 0.15) is 46.0 Å². The van der Waals surface area contributed by atoms with Crippen molar-refractivity contribution in [3.8, 4) is 0 Å². The van der Waals surface area contributed by atoms with Crippen molar-refractivity contribution in [1.82, 2.24) is 0 Å². The molecule has 11 nitrogen and oxygen atoms in total. The Morgan fingerprint density at radius 2 is 1.54 bits per heavy atom. The first-order chi connectivity index (χ1) is 19.3. The average Bonchev–Trinajstić information content (AvgIpc) is 3.23. The summed E-state index contributed by atoms with van der Waals surface area (Å²) < 4.78 is 0. The fourth-order valence-corrected chi connectivity index (χ4v) is 9.48. The van der Waals surface area contributed by atoms with Crippen LogP contribution in [0.25, 0.3) is 0 Å². The van der Waals surface area contributed by atoms with Crippen LogP contribution in [0.2, 0.25) is 0 Å². The highest BCUT2D eigenvalue weighted by Crippen LogP contribution is 2.70. The lowest BCUT2D eigenvalue weighted by Gasteiger charge is -2.61. The second kappa shape index (κ2) is 11.2. The maximum absolute atomic E-state index is 12.4. The molecule has 0 aromatic carbocycles. The Bertz CT molecular complexity index is 1170. The SMILES string of the molecule is C[C@]12CC(C(C=O)C(=O)O)[C@H]3[C@@H](CCC4=CC(C(C=O)C(=O)O)C=C[C@@]43C)[C@@H]1CC[C@@H]2C(C(O)O)C(C=O)C(=O)O. The third kappa shape index (κ3) is 4.86. The third-order valence-corrected chi connectivity index (χ3v) is 11.2. The number of allylic oxidation sites excluding steroid dienone is 4. The lowest BCUT2D eigenvalue weighted by molar-refractivity contribution is -0.175. The Morgan fingerprint density at radius 1 is 0.902 bits per heavy atom. The van der Waals surface area contributed by atoms with Gasteiger partial charge in [0, 0.05) is 17.3 Å². The molecule has 4 aliphatic carbocycles. The van der Waals surface area contributed by atoms with Gasteiger partial charge in [0.2, 0.25) is 0 Å². The Hall–Kier alpha value is -3.18. The zero-order valence-corrected chi connectivity index (χ0v) is 23.0. The molecular weight excluding hydrogens is 536 g/mol. The lowest BCUT2D eigenvalue weighted by Crippen LogP contribution is -2.57. The van der Waals surface area contributed by atoms with Crippen molar-refractivity contribution in [3.63, 3.8) is 0 Å². The van der Waals surface area contributed by atoms with E-state index in [-0.39, 0.29) is 30.5 Å². The van der Waals surface area contributed by atoms with Gasteiger partial charge in [-0.15, -0.1) is 0 Å². The molecular formula is C30H38O11. The van der Waals surface area contributed by atoms with Crippen LogP contribution in [0, 0.1) is 70.0 Å². The van der Waals surface area contributed by atoms with E-state index in [0.717, 1.165) is 5.57 Å². The highest BCUT2D eigenvalue weighted by atomic mass is 16.5. The van der Waals surface area contributed by atoms with E-state index in [1.54, 1.807) is 12.2 Å². The van der Waals surface area contributed by atoms with Gasteiger partial charge in [-0.05, 0) is 67.1 Å². The number of aldehydes is 3. The predicted octanol–water partition coefficient (Wildman–Crippen LogP) is 1.81. The Kier molecular flexibility index (Phi) is 8.44. The van der Waals surface area contributed by atoms with Crippen LogP contribution in [0.15, 0.2) is 23.8 Å². The molecule has 0 bridgehead atoms. The first kappa shape index (κ1) is 30.8. The van der Waals surface area contributed by atoms with Crippen molar-refractivity contribution >= 4 is 36.8 Å². The van der Waals surface area contributed by atoms with E-state index in [1.807, 2.05) is 19.9 Å². The number of aliphatic hydroxyl groups excluding tert-OH is 1. The van der Waals surface area contributed by atoms with Crippen LogP contribution in [0.3, 0.4) is 0 Å². The summed E-state index contributed by atoms with van der Waals surface area (Å²) in [5.74, 6) is -12.1. The van der Waals surface area contributed by atoms with Crippen LogP contribution < -0.4 is 0 Å². The summed E-state index contributed by atoms with van der Waals surface area (Å²) >= 11 is 0. The molecule has 12 atom stereocenters. The van der Waals surface area contributed by atoms with Gasteiger partial charge in [-0.25, -0.2) is 0 Å². The minimum Gasteiger partial charge on any atom is -0.481 e. The number of carboxylic acid groups (broad SMARTS) is 3. The first-order valence-corrected chi connectivity index (χ1v) is 14.1. The van der Waals surface area contributed by atoms with Crippen LogP contribution in [0.4, 0.5) is 0 Å². The van der Waals surface area contributed by atoms with Crippen molar-refractivity contribution in [2.45, 2.75) is 52.2 Å². The molecule has 6 unspecified atom stereocenters. The quantitative estimate of drug-likeness (QED) is 0.104. The van der Waals surface area contributed by atoms with Gasteiger partial charge in [-0.1, -0.05) is 37.6 Å². The van der Waals surface area contributed by atoms with Crippen molar-refractivity contribution in [3.05, 3.63) is 23.8 Å². The van der Waals surface area contributed by atoms with Crippen molar-refractivity contribution in [2.75, 3.05) is 0 Å². The summed E-state index contributed by atoms with van der Waals surface area (Å²) in [5, 5.41) is 49.9. The Labute approximate surface area is 237 Å². The Morgan fingerprint density at radius 3 is 2.05 bits per heavy atom. The number of hydrogen-bond donors (Lipinski definition) is 5. The molecule has 0 amide bonds. The molecule has 0 saturated heterocycles.